The van der Waals surface area contributed by atoms with Gasteiger partial charge in [-0.3, -0.25) is 0 Å². The van der Waals surface area contributed by atoms with Crippen molar-refractivity contribution in [1.82, 2.24) is 15.1 Å². The van der Waals surface area contributed by atoms with E-state index in [9.17, 15) is 9.90 Å². The summed E-state index contributed by atoms with van der Waals surface area (Å²) in [5.41, 5.74) is 4.89. The molecule has 2 aliphatic heterocycles. The Kier molecular flexibility index (Phi) is 5.56. The van der Waals surface area contributed by atoms with Gasteiger partial charge in [-0.25, -0.2) is 4.79 Å². The first-order chi connectivity index (χ1) is 14.4. The van der Waals surface area contributed by atoms with Crippen LogP contribution in [-0.4, -0.2) is 58.5 Å². The number of halogens is 1. The Balaban J connectivity index is 1.80. The van der Waals surface area contributed by atoms with E-state index in [1.807, 2.05) is 25.1 Å². The Labute approximate surface area is 181 Å². The van der Waals surface area contributed by atoms with Gasteiger partial charge < -0.3 is 20.2 Å². The third-order valence-electron chi connectivity index (χ3n) is 5.74. The van der Waals surface area contributed by atoms with Crippen molar-refractivity contribution >= 4 is 35.3 Å². The quantitative estimate of drug-likeness (QED) is 0.752. The smallest absolute Gasteiger partial charge is 0.407 e. The van der Waals surface area contributed by atoms with E-state index in [0.717, 1.165) is 33.4 Å². The second kappa shape index (κ2) is 8.14. The highest BCUT2D eigenvalue weighted by molar-refractivity contribution is 6.33. The minimum Gasteiger partial charge on any atom is -0.465 e. The Hall–Kier alpha value is -2.80. The molecule has 1 aromatic carbocycles. The van der Waals surface area contributed by atoms with Crippen molar-refractivity contribution < 1.29 is 9.90 Å². The summed E-state index contributed by atoms with van der Waals surface area (Å²) in [5, 5.41) is 22.7. The zero-order chi connectivity index (χ0) is 21.4. The fourth-order valence-electron chi connectivity index (χ4n) is 4.02. The lowest BCUT2D eigenvalue weighted by atomic mass is 9.92. The van der Waals surface area contributed by atoms with Crippen molar-refractivity contribution in [3.63, 3.8) is 0 Å². The number of carboxylic acid groups (broad SMARTS) is 1. The summed E-state index contributed by atoms with van der Waals surface area (Å²) < 4.78 is 0. The summed E-state index contributed by atoms with van der Waals surface area (Å²) in [6.45, 7) is 8.36. The largest absolute Gasteiger partial charge is 0.465 e. The van der Waals surface area contributed by atoms with E-state index in [4.69, 9.17) is 11.6 Å². The molecule has 2 aromatic rings. The fourth-order valence-corrected chi connectivity index (χ4v) is 4.18. The number of carbonyl (C=O) groups is 1. The van der Waals surface area contributed by atoms with Crippen molar-refractivity contribution in [2.45, 2.75) is 32.7 Å². The van der Waals surface area contributed by atoms with Crippen LogP contribution in [0, 0.1) is 0 Å². The van der Waals surface area contributed by atoms with E-state index in [0.29, 0.717) is 32.1 Å². The highest BCUT2D eigenvalue weighted by Crippen LogP contribution is 2.41. The van der Waals surface area contributed by atoms with E-state index in [2.05, 4.69) is 46.4 Å². The summed E-state index contributed by atoms with van der Waals surface area (Å²) in [7, 11) is 0. The van der Waals surface area contributed by atoms with Crippen LogP contribution in [0.5, 0.6) is 0 Å². The molecule has 7 nitrogen and oxygen atoms in total. The van der Waals surface area contributed by atoms with Gasteiger partial charge in [0.2, 0.25) is 0 Å². The van der Waals surface area contributed by atoms with Crippen LogP contribution in [0.3, 0.4) is 0 Å². The molecule has 4 rings (SSSR count). The molecule has 0 aliphatic carbocycles. The van der Waals surface area contributed by atoms with Crippen LogP contribution in [0.4, 0.5) is 16.3 Å². The van der Waals surface area contributed by atoms with E-state index in [1.54, 1.807) is 0 Å². The molecule has 1 atom stereocenters. The van der Waals surface area contributed by atoms with Gasteiger partial charge >= 0.3 is 6.09 Å². The minimum atomic E-state index is -0.884. The summed E-state index contributed by atoms with van der Waals surface area (Å²) in [6, 6.07) is 8.22. The number of fused-ring (bicyclic) bond motifs is 1. The van der Waals surface area contributed by atoms with Crippen LogP contribution >= 0.6 is 11.6 Å². The summed E-state index contributed by atoms with van der Waals surface area (Å²) >= 11 is 6.51. The standard InChI is InChI=1S/C22H26ClN5O2/c1-13(2)15-6-4-5-7-16(15)19-17-12-18(23)14(3)24-20(17)21(26-25-19)27-8-10-28(11-9-27)22(29)30/h4-7,12-14,24H,8-11H2,1-3H3,(H,29,30). The topological polar surface area (TPSA) is 81.6 Å². The lowest BCUT2D eigenvalue weighted by molar-refractivity contribution is 0.142. The molecule has 1 aromatic heterocycles. The molecule has 0 saturated carbocycles. The molecule has 1 unspecified atom stereocenters. The Morgan fingerprint density at radius 1 is 1.20 bits per heavy atom. The highest BCUT2D eigenvalue weighted by atomic mass is 35.5. The molecule has 0 spiro atoms. The number of piperazine rings is 1. The third-order valence-corrected chi connectivity index (χ3v) is 6.17. The predicted molar refractivity (Wildman–Crippen MR) is 120 cm³/mol. The zero-order valence-corrected chi connectivity index (χ0v) is 18.1. The van der Waals surface area contributed by atoms with Gasteiger partial charge in [-0.2, -0.15) is 0 Å². The van der Waals surface area contributed by atoms with Crippen LogP contribution in [-0.2, 0) is 0 Å². The van der Waals surface area contributed by atoms with Crippen LogP contribution < -0.4 is 10.2 Å². The number of aromatic nitrogens is 2. The van der Waals surface area contributed by atoms with Gasteiger partial charge in [-0.1, -0.05) is 49.7 Å². The molecule has 8 heteroatoms. The predicted octanol–water partition coefficient (Wildman–Crippen LogP) is 4.46. The molecule has 2 N–H and O–H groups in total. The number of anilines is 2. The third kappa shape index (κ3) is 3.69. The molecule has 3 heterocycles. The Morgan fingerprint density at radius 3 is 2.57 bits per heavy atom. The number of hydrogen-bond acceptors (Lipinski definition) is 5. The van der Waals surface area contributed by atoms with Gasteiger partial charge in [0.1, 0.15) is 5.69 Å². The lowest BCUT2D eigenvalue weighted by Gasteiger charge is -2.36. The van der Waals surface area contributed by atoms with Gasteiger partial charge in [-0.05, 0) is 24.5 Å². The van der Waals surface area contributed by atoms with Gasteiger partial charge in [-0.15, -0.1) is 10.2 Å². The van der Waals surface area contributed by atoms with Crippen LogP contribution in [0.15, 0.2) is 29.3 Å². The van der Waals surface area contributed by atoms with Gasteiger partial charge in [0.15, 0.2) is 5.82 Å². The van der Waals surface area contributed by atoms with Gasteiger partial charge in [0.05, 0.1) is 11.7 Å². The molecule has 1 fully saturated rings. The number of nitrogens with zero attached hydrogens (tertiary/aromatic N) is 4. The maximum absolute atomic E-state index is 11.2. The summed E-state index contributed by atoms with van der Waals surface area (Å²) in [5.74, 6) is 1.09. The molecular formula is C22H26ClN5O2. The highest BCUT2D eigenvalue weighted by Gasteiger charge is 2.29. The number of benzene rings is 1. The fraction of sp³-hybridized carbons (Fsp3) is 0.409. The molecule has 30 heavy (non-hydrogen) atoms. The molecule has 158 valence electrons. The van der Waals surface area contributed by atoms with Crippen LogP contribution in [0.1, 0.15) is 37.8 Å². The van der Waals surface area contributed by atoms with Crippen molar-refractivity contribution in [3.05, 3.63) is 40.4 Å². The number of nitrogens with one attached hydrogen (secondary N) is 1. The summed E-state index contributed by atoms with van der Waals surface area (Å²) in [4.78, 5) is 14.8. The molecule has 2 aliphatic rings. The molecule has 0 radical (unpaired) electrons. The first kappa shape index (κ1) is 20.5. The molecule has 1 amide bonds. The maximum Gasteiger partial charge on any atom is 0.407 e. The summed E-state index contributed by atoms with van der Waals surface area (Å²) in [6.07, 6.45) is 1.10. The van der Waals surface area contributed by atoms with Crippen molar-refractivity contribution in [1.29, 1.82) is 0 Å². The van der Waals surface area contributed by atoms with Crippen molar-refractivity contribution in [2.24, 2.45) is 0 Å². The first-order valence-electron chi connectivity index (χ1n) is 10.2. The second-order valence-electron chi connectivity index (χ2n) is 8.05. The SMILES string of the molecule is CC1Nc2c(N3CCN(C(=O)O)CC3)nnc(-c3ccccc3C(C)C)c2C=C1Cl. The number of amides is 1. The van der Waals surface area contributed by atoms with Gasteiger partial charge in [0, 0.05) is 42.3 Å². The minimum absolute atomic E-state index is 0.0318. The normalized spacial score (nSPS) is 18.7. The Bertz CT molecular complexity index is 999. The van der Waals surface area contributed by atoms with Crippen LogP contribution in [0.25, 0.3) is 17.3 Å². The number of hydrogen-bond donors (Lipinski definition) is 2. The number of rotatable bonds is 3. The monoisotopic (exact) mass is 427 g/mol. The van der Waals surface area contributed by atoms with E-state index in [-0.39, 0.29) is 6.04 Å². The Morgan fingerprint density at radius 2 is 1.90 bits per heavy atom. The molecule has 0 bridgehead atoms. The lowest BCUT2D eigenvalue weighted by Crippen LogP contribution is -2.49. The van der Waals surface area contributed by atoms with E-state index in [1.165, 1.54) is 10.5 Å². The van der Waals surface area contributed by atoms with E-state index >= 15 is 0 Å². The molecule has 1 saturated heterocycles. The van der Waals surface area contributed by atoms with Gasteiger partial charge in [0.25, 0.3) is 0 Å². The zero-order valence-electron chi connectivity index (χ0n) is 17.4. The average Bonchev–Trinajstić information content (AvgIpc) is 2.74. The first-order valence-corrected chi connectivity index (χ1v) is 10.6. The molecular weight excluding hydrogens is 402 g/mol. The maximum atomic E-state index is 11.2. The average molecular weight is 428 g/mol. The van der Waals surface area contributed by atoms with Crippen LogP contribution in [0.2, 0.25) is 0 Å². The van der Waals surface area contributed by atoms with Crippen molar-refractivity contribution in [2.75, 3.05) is 36.4 Å². The van der Waals surface area contributed by atoms with E-state index < -0.39 is 6.09 Å². The second-order valence-corrected chi connectivity index (χ2v) is 8.49. The van der Waals surface area contributed by atoms with Crippen molar-refractivity contribution in [3.8, 4) is 11.3 Å².